The highest BCUT2D eigenvalue weighted by Crippen LogP contribution is 2.18. The Morgan fingerprint density at radius 2 is 1.48 bits per heavy atom. The minimum absolute atomic E-state index is 0.115. The SMILES string of the molecule is O=C(COc1ccc(OCc2ccccc2)cc1)NCCNC(=O)c1ccco1. The summed E-state index contributed by atoms with van der Waals surface area (Å²) in [6, 6.07) is 20.2. The van der Waals surface area contributed by atoms with Gasteiger partial charge in [-0.25, -0.2) is 0 Å². The Balaban J connectivity index is 1.31. The fourth-order valence-electron chi connectivity index (χ4n) is 2.45. The van der Waals surface area contributed by atoms with E-state index in [2.05, 4.69) is 10.6 Å². The molecule has 0 bridgehead atoms. The summed E-state index contributed by atoms with van der Waals surface area (Å²) in [7, 11) is 0. The Labute approximate surface area is 168 Å². The fraction of sp³-hybridized carbons (Fsp3) is 0.182. The Bertz CT molecular complexity index is 893. The lowest BCUT2D eigenvalue weighted by atomic mass is 10.2. The number of carbonyl (C=O) groups is 2. The van der Waals surface area contributed by atoms with Crippen LogP contribution in [0.15, 0.2) is 77.4 Å². The van der Waals surface area contributed by atoms with E-state index in [-0.39, 0.29) is 24.2 Å². The normalized spacial score (nSPS) is 10.2. The van der Waals surface area contributed by atoms with Gasteiger partial charge in [-0.2, -0.15) is 0 Å². The number of hydrogen-bond acceptors (Lipinski definition) is 5. The minimum atomic E-state index is -0.324. The summed E-state index contributed by atoms with van der Waals surface area (Å²) >= 11 is 0. The predicted molar refractivity (Wildman–Crippen MR) is 107 cm³/mol. The van der Waals surface area contributed by atoms with Gasteiger partial charge in [0.2, 0.25) is 0 Å². The van der Waals surface area contributed by atoms with E-state index in [1.807, 2.05) is 30.3 Å². The summed E-state index contributed by atoms with van der Waals surface area (Å²) in [5, 5.41) is 5.31. The second-order valence-electron chi connectivity index (χ2n) is 6.12. The molecule has 1 aromatic heterocycles. The molecule has 0 radical (unpaired) electrons. The van der Waals surface area contributed by atoms with Crippen molar-refractivity contribution >= 4 is 11.8 Å². The molecule has 3 rings (SSSR count). The van der Waals surface area contributed by atoms with Crippen LogP contribution in [0.5, 0.6) is 11.5 Å². The maximum Gasteiger partial charge on any atom is 0.287 e. The highest BCUT2D eigenvalue weighted by atomic mass is 16.5. The van der Waals surface area contributed by atoms with Gasteiger partial charge >= 0.3 is 0 Å². The first-order valence-electron chi connectivity index (χ1n) is 9.19. The maximum absolute atomic E-state index is 11.8. The van der Waals surface area contributed by atoms with Crippen molar-refractivity contribution in [3.63, 3.8) is 0 Å². The van der Waals surface area contributed by atoms with E-state index in [1.165, 1.54) is 6.26 Å². The summed E-state index contributed by atoms with van der Waals surface area (Å²) < 4.78 is 16.1. The van der Waals surface area contributed by atoms with Crippen molar-refractivity contribution < 1.29 is 23.5 Å². The van der Waals surface area contributed by atoms with Crippen LogP contribution < -0.4 is 20.1 Å². The van der Waals surface area contributed by atoms with Gasteiger partial charge in [0.05, 0.1) is 6.26 Å². The monoisotopic (exact) mass is 394 g/mol. The van der Waals surface area contributed by atoms with E-state index >= 15 is 0 Å². The molecule has 0 saturated carbocycles. The van der Waals surface area contributed by atoms with Crippen LogP contribution >= 0.6 is 0 Å². The fourth-order valence-corrected chi connectivity index (χ4v) is 2.45. The van der Waals surface area contributed by atoms with Crippen LogP contribution in [0.25, 0.3) is 0 Å². The van der Waals surface area contributed by atoms with E-state index in [0.717, 1.165) is 11.3 Å². The number of amides is 2. The van der Waals surface area contributed by atoms with Crippen molar-refractivity contribution in [1.82, 2.24) is 10.6 Å². The van der Waals surface area contributed by atoms with Crippen LogP contribution in [-0.4, -0.2) is 31.5 Å². The first-order chi connectivity index (χ1) is 14.2. The summed E-state index contributed by atoms with van der Waals surface area (Å²) in [4.78, 5) is 23.5. The van der Waals surface area contributed by atoms with Crippen molar-refractivity contribution in [1.29, 1.82) is 0 Å². The highest BCUT2D eigenvalue weighted by Gasteiger charge is 2.07. The molecule has 7 heteroatoms. The molecule has 150 valence electrons. The standard InChI is InChI=1S/C22H22N2O5/c25-21(23-12-13-24-22(26)20-7-4-14-27-20)16-29-19-10-8-18(9-11-19)28-15-17-5-2-1-3-6-17/h1-11,14H,12-13,15-16H2,(H,23,25)(H,24,26). The molecule has 2 aromatic carbocycles. The molecule has 0 aliphatic heterocycles. The Kier molecular flexibility index (Phi) is 7.28. The van der Waals surface area contributed by atoms with Gasteiger partial charge in [-0.05, 0) is 42.0 Å². The summed E-state index contributed by atoms with van der Waals surface area (Å²) in [6.07, 6.45) is 1.43. The number of hydrogen-bond donors (Lipinski definition) is 2. The van der Waals surface area contributed by atoms with Gasteiger partial charge in [0, 0.05) is 13.1 Å². The van der Waals surface area contributed by atoms with Crippen molar-refractivity contribution in [2.75, 3.05) is 19.7 Å². The van der Waals surface area contributed by atoms with E-state index in [9.17, 15) is 9.59 Å². The van der Waals surface area contributed by atoms with Crippen LogP contribution in [0.1, 0.15) is 16.1 Å². The number of benzene rings is 2. The minimum Gasteiger partial charge on any atom is -0.489 e. The molecule has 7 nitrogen and oxygen atoms in total. The maximum atomic E-state index is 11.8. The zero-order valence-corrected chi connectivity index (χ0v) is 15.8. The summed E-state index contributed by atoms with van der Waals surface area (Å²) in [5.41, 5.74) is 1.09. The third kappa shape index (κ3) is 6.73. The Morgan fingerprint density at radius 1 is 0.793 bits per heavy atom. The number of nitrogens with one attached hydrogen (secondary N) is 2. The van der Waals surface area contributed by atoms with Gasteiger partial charge < -0.3 is 24.5 Å². The van der Waals surface area contributed by atoms with Gasteiger partial charge in [-0.3, -0.25) is 9.59 Å². The molecule has 0 unspecified atom stereocenters. The smallest absolute Gasteiger partial charge is 0.287 e. The molecule has 0 fully saturated rings. The van der Waals surface area contributed by atoms with Gasteiger partial charge in [-0.15, -0.1) is 0 Å². The Hall–Kier alpha value is -3.74. The van der Waals surface area contributed by atoms with Crippen LogP contribution in [0, 0.1) is 0 Å². The molecule has 0 aliphatic carbocycles. The van der Waals surface area contributed by atoms with Crippen molar-refractivity contribution in [3.8, 4) is 11.5 Å². The van der Waals surface area contributed by atoms with E-state index in [0.29, 0.717) is 25.4 Å². The molecule has 2 N–H and O–H groups in total. The molecule has 2 amide bonds. The molecular formula is C22H22N2O5. The molecule has 29 heavy (non-hydrogen) atoms. The molecule has 0 saturated heterocycles. The first-order valence-corrected chi connectivity index (χ1v) is 9.19. The third-order valence-electron chi connectivity index (χ3n) is 3.92. The topological polar surface area (TPSA) is 89.8 Å². The van der Waals surface area contributed by atoms with Crippen LogP contribution in [-0.2, 0) is 11.4 Å². The zero-order chi connectivity index (χ0) is 20.3. The van der Waals surface area contributed by atoms with Crippen molar-refractivity contribution in [2.45, 2.75) is 6.61 Å². The molecule has 0 spiro atoms. The van der Waals surface area contributed by atoms with E-state index < -0.39 is 0 Å². The highest BCUT2D eigenvalue weighted by molar-refractivity contribution is 5.91. The van der Waals surface area contributed by atoms with Gasteiger partial charge in [-0.1, -0.05) is 30.3 Å². The van der Waals surface area contributed by atoms with E-state index in [1.54, 1.807) is 36.4 Å². The molecular weight excluding hydrogens is 372 g/mol. The van der Waals surface area contributed by atoms with Crippen molar-refractivity contribution in [3.05, 3.63) is 84.3 Å². The zero-order valence-electron chi connectivity index (χ0n) is 15.8. The lowest BCUT2D eigenvalue weighted by molar-refractivity contribution is -0.123. The summed E-state index contributed by atoms with van der Waals surface area (Å²) in [6.45, 7) is 0.954. The largest absolute Gasteiger partial charge is 0.489 e. The molecule has 0 aliphatic rings. The van der Waals surface area contributed by atoms with Crippen molar-refractivity contribution in [2.24, 2.45) is 0 Å². The average molecular weight is 394 g/mol. The predicted octanol–water partition coefficient (Wildman–Crippen LogP) is 2.78. The summed E-state index contributed by atoms with van der Waals surface area (Å²) in [5.74, 6) is 0.920. The third-order valence-corrected chi connectivity index (χ3v) is 3.92. The van der Waals surface area contributed by atoms with Crippen LogP contribution in [0.2, 0.25) is 0 Å². The number of ether oxygens (including phenoxy) is 2. The second-order valence-corrected chi connectivity index (χ2v) is 6.12. The average Bonchev–Trinajstić information content (AvgIpc) is 3.30. The van der Waals surface area contributed by atoms with E-state index in [4.69, 9.17) is 13.9 Å². The number of carbonyl (C=O) groups excluding carboxylic acids is 2. The van der Waals surface area contributed by atoms with Gasteiger partial charge in [0.15, 0.2) is 12.4 Å². The molecule has 3 aromatic rings. The quantitative estimate of drug-likeness (QED) is 0.516. The molecule has 1 heterocycles. The first kappa shape index (κ1) is 20.0. The lowest BCUT2D eigenvalue weighted by Crippen LogP contribution is -2.36. The van der Waals surface area contributed by atoms with Gasteiger partial charge in [0.1, 0.15) is 18.1 Å². The Morgan fingerprint density at radius 3 is 2.17 bits per heavy atom. The van der Waals surface area contributed by atoms with Crippen LogP contribution in [0.4, 0.5) is 0 Å². The molecule has 0 atom stereocenters. The number of rotatable bonds is 10. The number of furan rings is 1. The van der Waals surface area contributed by atoms with Gasteiger partial charge in [0.25, 0.3) is 11.8 Å². The lowest BCUT2D eigenvalue weighted by Gasteiger charge is -2.09. The van der Waals surface area contributed by atoms with Crippen LogP contribution in [0.3, 0.4) is 0 Å². The second kappa shape index (κ2) is 10.6.